The lowest BCUT2D eigenvalue weighted by molar-refractivity contribution is -0.121. The molecule has 0 aliphatic carbocycles. The fraction of sp³-hybridized carbons (Fsp3) is 0.286. The van der Waals surface area contributed by atoms with E-state index in [0.717, 1.165) is 40.4 Å². The number of nitrogens with zero attached hydrogens (tertiary/aromatic N) is 2. The third kappa shape index (κ3) is 5.37. The normalized spacial score (nSPS) is 10.6. The van der Waals surface area contributed by atoms with Gasteiger partial charge in [-0.1, -0.05) is 12.1 Å². The molecule has 0 saturated carbocycles. The molecule has 1 N–H and O–H groups in total. The Morgan fingerprint density at radius 1 is 1.19 bits per heavy atom. The van der Waals surface area contributed by atoms with Crippen molar-refractivity contribution < 1.29 is 9.53 Å². The van der Waals surface area contributed by atoms with Crippen LogP contribution in [0.1, 0.15) is 22.6 Å². The summed E-state index contributed by atoms with van der Waals surface area (Å²) in [5, 5.41) is 3.98. The van der Waals surface area contributed by atoms with Crippen LogP contribution in [0.4, 0.5) is 0 Å². The SMILES string of the molecule is COc1ccc(CCC(=O)NCCc2sc(-c3cccnc3)nc2C)cc1. The number of ether oxygens (including phenoxy) is 1. The van der Waals surface area contributed by atoms with Crippen molar-refractivity contribution in [3.8, 4) is 16.3 Å². The van der Waals surface area contributed by atoms with Crippen LogP contribution in [0.15, 0.2) is 48.8 Å². The summed E-state index contributed by atoms with van der Waals surface area (Å²) in [4.78, 5) is 22.1. The maximum absolute atomic E-state index is 12.1. The summed E-state index contributed by atoms with van der Waals surface area (Å²) >= 11 is 1.66. The van der Waals surface area contributed by atoms with Crippen LogP contribution < -0.4 is 10.1 Å². The van der Waals surface area contributed by atoms with Gasteiger partial charge in [-0.25, -0.2) is 4.98 Å². The maximum atomic E-state index is 12.1. The number of carbonyl (C=O) groups is 1. The summed E-state index contributed by atoms with van der Waals surface area (Å²) in [6, 6.07) is 11.7. The number of hydrogen-bond acceptors (Lipinski definition) is 5. The van der Waals surface area contributed by atoms with Gasteiger partial charge in [-0.15, -0.1) is 11.3 Å². The average molecular weight is 382 g/mol. The van der Waals surface area contributed by atoms with Gasteiger partial charge in [-0.05, 0) is 43.2 Å². The Morgan fingerprint density at radius 3 is 2.70 bits per heavy atom. The molecule has 1 amide bonds. The molecular formula is C21H23N3O2S. The van der Waals surface area contributed by atoms with Gasteiger partial charge >= 0.3 is 0 Å². The molecule has 3 rings (SSSR count). The molecule has 0 unspecified atom stereocenters. The Bertz CT molecular complexity index is 876. The van der Waals surface area contributed by atoms with E-state index in [0.29, 0.717) is 13.0 Å². The molecule has 0 saturated heterocycles. The molecule has 140 valence electrons. The van der Waals surface area contributed by atoms with Gasteiger partial charge in [0.1, 0.15) is 10.8 Å². The predicted molar refractivity (Wildman–Crippen MR) is 108 cm³/mol. The monoisotopic (exact) mass is 381 g/mol. The van der Waals surface area contributed by atoms with Crippen LogP contribution in [0.3, 0.4) is 0 Å². The summed E-state index contributed by atoms with van der Waals surface area (Å²) < 4.78 is 5.14. The molecule has 0 radical (unpaired) electrons. The quantitative estimate of drug-likeness (QED) is 0.644. The molecule has 1 aromatic carbocycles. The van der Waals surface area contributed by atoms with E-state index in [9.17, 15) is 4.79 Å². The van der Waals surface area contributed by atoms with Crippen molar-refractivity contribution in [1.29, 1.82) is 0 Å². The van der Waals surface area contributed by atoms with E-state index in [4.69, 9.17) is 4.74 Å². The van der Waals surface area contributed by atoms with Crippen LogP contribution in [-0.2, 0) is 17.6 Å². The second kappa shape index (κ2) is 9.28. The van der Waals surface area contributed by atoms with Crippen LogP contribution >= 0.6 is 11.3 Å². The topological polar surface area (TPSA) is 64.1 Å². The molecule has 3 aromatic rings. The zero-order chi connectivity index (χ0) is 19.1. The van der Waals surface area contributed by atoms with Gasteiger partial charge in [0.2, 0.25) is 5.91 Å². The van der Waals surface area contributed by atoms with Gasteiger partial charge in [0.05, 0.1) is 12.8 Å². The number of methoxy groups -OCH3 is 1. The highest BCUT2D eigenvalue weighted by atomic mass is 32.1. The lowest BCUT2D eigenvalue weighted by Crippen LogP contribution is -2.25. The fourth-order valence-corrected chi connectivity index (χ4v) is 3.78. The molecule has 0 aliphatic rings. The molecule has 0 atom stereocenters. The van der Waals surface area contributed by atoms with Crippen LogP contribution in [0.2, 0.25) is 0 Å². The number of benzene rings is 1. The molecule has 0 bridgehead atoms. The van der Waals surface area contributed by atoms with E-state index >= 15 is 0 Å². The number of aryl methyl sites for hydroxylation is 2. The summed E-state index contributed by atoms with van der Waals surface area (Å²) in [6.45, 7) is 2.63. The van der Waals surface area contributed by atoms with Gasteiger partial charge in [-0.2, -0.15) is 0 Å². The van der Waals surface area contributed by atoms with Gasteiger partial charge in [0.15, 0.2) is 0 Å². The van der Waals surface area contributed by atoms with Crippen LogP contribution in [0.5, 0.6) is 5.75 Å². The molecule has 0 fully saturated rings. The first-order chi connectivity index (χ1) is 13.2. The number of aromatic nitrogens is 2. The molecule has 6 heteroatoms. The molecule has 2 aromatic heterocycles. The Labute approximate surface area is 163 Å². The largest absolute Gasteiger partial charge is 0.497 e. The minimum Gasteiger partial charge on any atom is -0.497 e. The van der Waals surface area contributed by atoms with Crippen molar-refractivity contribution in [3.05, 3.63) is 64.9 Å². The fourth-order valence-electron chi connectivity index (χ4n) is 2.73. The Kier molecular flexibility index (Phi) is 6.54. The number of carbonyl (C=O) groups excluding carboxylic acids is 1. The van der Waals surface area contributed by atoms with E-state index in [-0.39, 0.29) is 5.91 Å². The number of hydrogen-bond donors (Lipinski definition) is 1. The van der Waals surface area contributed by atoms with Crippen LogP contribution in [0, 0.1) is 6.92 Å². The molecule has 5 nitrogen and oxygen atoms in total. The summed E-state index contributed by atoms with van der Waals surface area (Å²) in [5.74, 6) is 0.897. The number of nitrogens with one attached hydrogen (secondary N) is 1. The zero-order valence-electron chi connectivity index (χ0n) is 15.6. The standard InChI is InChI=1S/C21H23N3O2S/c1-15-19(27-21(24-15)17-4-3-12-22-14-17)11-13-23-20(25)10-7-16-5-8-18(26-2)9-6-16/h3-6,8-9,12,14H,7,10-11,13H2,1-2H3,(H,23,25). The zero-order valence-corrected chi connectivity index (χ0v) is 16.4. The maximum Gasteiger partial charge on any atom is 0.220 e. The minimum absolute atomic E-state index is 0.0699. The van der Waals surface area contributed by atoms with Gasteiger partial charge in [0.25, 0.3) is 0 Å². The van der Waals surface area contributed by atoms with Crippen molar-refractivity contribution in [1.82, 2.24) is 15.3 Å². The van der Waals surface area contributed by atoms with Crippen LogP contribution in [-0.4, -0.2) is 29.5 Å². The minimum atomic E-state index is 0.0699. The lowest BCUT2D eigenvalue weighted by atomic mass is 10.1. The Hall–Kier alpha value is -2.73. The van der Waals surface area contributed by atoms with Crippen molar-refractivity contribution in [2.24, 2.45) is 0 Å². The van der Waals surface area contributed by atoms with E-state index in [1.165, 1.54) is 4.88 Å². The van der Waals surface area contributed by atoms with Crippen molar-refractivity contribution in [2.45, 2.75) is 26.2 Å². The molecule has 27 heavy (non-hydrogen) atoms. The Morgan fingerprint density at radius 2 is 2.00 bits per heavy atom. The van der Waals surface area contributed by atoms with Gasteiger partial charge < -0.3 is 10.1 Å². The smallest absolute Gasteiger partial charge is 0.220 e. The lowest BCUT2D eigenvalue weighted by Gasteiger charge is -2.06. The van der Waals surface area contributed by atoms with E-state index in [1.54, 1.807) is 24.6 Å². The predicted octanol–water partition coefficient (Wildman–Crippen LogP) is 3.81. The van der Waals surface area contributed by atoms with E-state index < -0.39 is 0 Å². The average Bonchev–Trinajstić information content (AvgIpc) is 3.08. The van der Waals surface area contributed by atoms with Crippen molar-refractivity contribution in [2.75, 3.05) is 13.7 Å². The summed E-state index contributed by atoms with van der Waals surface area (Å²) in [7, 11) is 1.65. The van der Waals surface area contributed by atoms with Crippen molar-refractivity contribution >= 4 is 17.2 Å². The number of amides is 1. The first kappa shape index (κ1) is 19.0. The van der Waals surface area contributed by atoms with Gasteiger partial charge in [0, 0.05) is 42.2 Å². The third-order valence-electron chi connectivity index (χ3n) is 4.28. The van der Waals surface area contributed by atoms with Crippen LogP contribution in [0.25, 0.3) is 10.6 Å². The summed E-state index contributed by atoms with van der Waals surface area (Å²) in [5.41, 5.74) is 3.18. The van der Waals surface area contributed by atoms with Gasteiger partial charge in [-0.3, -0.25) is 9.78 Å². The molecular weight excluding hydrogens is 358 g/mol. The van der Waals surface area contributed by atoms with E-state index in [1.807, 2.05) is 49.5 Å². The highest BCUT2D eigenvalue weighted by Crippen LogP contribution is 2.27. The highest BCUT2D eigenvalue weighted by molar-refractivity contribution is 7.15. The van der Waals surface area contributed by atoms with Crippen molar-refractivity contribution in [3.63, 3.8) is 0 Å². The number of pyridine rings is 1. The molecule has 2 heterocycles. The first-order valence-corrected chi connectivity index (χ1v) is 9.73. The second-order valence-corrected chi connectivity index (χ2v) is 7.30. The molecule has 0 aliphatic heterocycles. The van der Waals surface area contributed by atoms with E-state index in [2.05, 4.69) is 15.3 Å². The molecule has 0 spiro atoms. The number of thiazole rings is 1. The first-order valence-electron chi connectivity index (χ1n) is 8.92. The highest BCUT2D eigenvalue weighted by Gasteiger charge is 2.10. The number of rotatable bonds is 8. The summed E-state index contributed by atoms with van der Waals surface area (Å²) in [6.07, 6.45) is 5.57. The Balaban J connectivity index is 1.45. The second-order valence-electron chi connectivity index (χ2n) is 6.22. The third-order valence-corrected chi connectivity index (χ3v) is 5.54.